The van der Waals surface area contributed by atoms with Crippen molar-refractivity contribution >= 4 is 0 Å². The quantitative estimate of drug-likeness (QED) is 0.805. The number of hydrogen-bond donors (Lipinski definition) is 1. The molecule has 1 N–H and O–H groups in total. The highest BCUT2D eigenvalue weighted by Crippen LogP contribution is 2.30. The van der Waals surface area contributed by atoms with Crippen LogP contribution in [0.1, 0.15) is 33.6 Å². The van der Waals surface area contributed by atoms with Gasteiger partial charge in [0.2, 0.25) is 0 Å². The topological polar surface area (TPSA) is 26.7 Å². The van der Waals surface area contributed by atoms with Gasteiger partial charge in [0.05, 0.1) is 6.10 Å². The first kappa shape index (κ1) is 13.3. The summed E-state index contributed by atoms with van der Waals surface area (Å²) in [5.74, 6) is 1.00. The highest BCUT2D eigenvalue weighted by Gasteiger charge is 2.28. The summed E-state index contributed by atoms with van der Waals surface area (Å²) in [7, 11) is 0. The van der Waals surface area contributed by atoms with E-state index in [0.29, 0.717) is 0 Å². The van der Waals surface area contributed by atoms with Crippen LogP contribution >= 0.6 is 0 Å². The van der Waals surface area contributed by atoms with Crippen molar-refractivity contribution < 1.29 is 5.11 Å². The standard InChI is InChI=1S/C14H28N2O/c1-14(2,3)13(17)11-16-8-6-15(7-9-16)10-12-4-5-12/h12-13,17H,4-11H2,1-3H3. The molecule has 0 spiro atoms. The molecule has 17 heavy (non-hydrogen) atoms. The summed E-state index contributed by atoms with van der Waals surface area (Å²) >= 11 is 0. The Kier molecular flexibility index (Phi) is 4.11. The Bertz CT molecular complexity index is 237. The van der Waals surface area contributed by atoms with E-state index in [1.54, 1.807) is 0 Å². The maximum Gasteiger partial charge on any atom is 0.0715 e. The van der Waals surface area contributed by atoms with E-state index in [9.17, 15) is 5.11 Å². The first-order valence-electron chi connectivity index (χ1n) is 7.08. The fourth-order valence-electron chi connectivity index (χ4n) is 2.34. The van der Waals surface area contributed by atoms with Crippen LogP contribution < -0.4 is 0 Å². The van der Waals surface area contributed by atoms with Gasteiger partial charge in [0.25, 0.3) is 0 Å². The number of hydrogen-bond acceptors (Lipinski definition) is 3. The Balaban J connectivity index is 1.67. The summed E-state index contributed by atoms with van der Waals surface area (Å²) in [6.07, 6.45) is 2.68. The number of aliphatic hydroxyl groups excluding tert-OH is 1. The molecule has 3 heteroatoms. The molecule has 2 fully saturated rings. The maximum absolute atomic E-state index is 10.1. The van der Waals surface area contributed by atoms with Crippen LogP contribution in [-0.2, 0) is 0 Å². The lowest BCUT2D eigenvalue weighted by atomic mass is 9.89. The van der Waals surface area contributed by atoms with E-state index in [1.807, 2.05) is 0 Å². The third kappa shape index (κ3) is 4.23. The van der Waals surface area contributed by atoms with Gasteiger partial charge in [-0.15, -0.1) is 0 Å². The van der Waals surface area contributed by atoms with Crippen molar-refractivity contribution in [3.63, 3.8) is 0 Å². The van der Waals surface area contributed by atoms with Crippen molar-refractivity contribution in [2.75, 3.05) is 39.3 Å². The average Bonchev–Trinajstić information content (AvgIpc) is 3.03. The van der Waals surface area contributed by atoms with Crippen LogP contribution in [0.5, 0.6) is 0 Å². The smallest absolute Gasteiger partial charge is 0.0715 e. The average molecular weight is 240 g/mol. The monoisotopic (exact) mass is 240 g/mol. The molecule has 3 nitrogen and oxygen atoms in total. The Labute approximate surface area is 106 Å². The Morgan fingerprint density at radius 3 is 2.06 bits per heavy atom. The second kappa shape index (κ2) is 5.25. The normalized spacial score (nSPS) is 26.1. The van der Waals surface area contributed by atoms with Crippen molar-refractivity contribution in [1.29, 1.82) is 0 Å². The molecule has 1 saturated carbocycles. The highest BCUT2D eigenvalue weighted by molar-refractivity contribution is 4.83. The molecular formula is C14H28N2O. The van der Waals surface area contributed by atoms with Crippen molar-refractivity contribution in [3.05, 3.63) is 0 Å². The Morgan fingerprint density at radius 1 is 1.06 bits per heavy atom. The van der Waals surface area contributed by atoms with Gasteiger partial charge in [-0.3, -0.25) is 4.90 Å². The number of aliphatic hydroxyl groups is 1. The third-order valence-corrected chi connectivity index (χ3v) is 4.11. The highest BCUT2D eigenvalue weighted by atomic mass is 16.3. The number of β-amino-alcohol motifs (C(OH)–C–C–N with tert-alkyl or cyclic N) is 1. The molecule has 0 aromatic heterocycles. The van der Waals surface area contributed by atoms with Gasteiger partial charge in [0.1, 0.15) is 0 Å². The Morgan fingerprint density at radius 2 is 1.59 bits per heavy atom. The zero-order valence-electron chi connectivity index (χ0n) is 11.7. The van der Waals surface area contributed by atoms with Crippen LogP contribution in [0, 0.1) is 11.3 Å². The molecule has 100 valence electrons. The van der Waals surface area contributed by atoms with Gasteiger partial charge in [-0.1, -0.05) is 20.8 Å². The van der Waals surface area contributed by atoms with Crippen LogP contribution in [-0.4, -0.2) is 60.3 Å². The first-order chi connectivity index (χ1) is 7.95. The molecule has 0 bridgehead atoms. The van der Waals surface area contributed by atoms with Crippen LogP contribution in [0.15, 0.2) is 0 Å². The van der Waals surface area contributed by atoms with Gasteiger partial charge in [-0.05, 0) is 24.2 Å². The zero-order valence-corrected chi connectivity index (χ0v) is 11.7. The lowest BCUT2D eigenvalue weighted by Gasteiger charge is -2.38. The molecule has 1 heterocycles. The van der Waals surface area contributed by atoms with Crippen LogP contribution in [0.4, 0.5) is 0 Å². The minimum absolute atomic E-state index is 0.00511. The molecule has 2 aliphatic rings. The van der Waals surface area contributed by atoms with E-state index in [0.717, 1.165) is 25.6 Å². The Hall–Kier alpha value is -0.120. The SMILES string of the molecule is CC(C)(C)C(O)CN1CCN(CC2CC2)CC1. The summed E-state index contributed by atoms with van der Waals surface area (Å²) in [4.78, 5) is 5.01. The van der Waals surface area contributed by atoms with Gasteiger partial charge in [0, 0.05) is 39.3 Å². The molecule has 2 rings (SSSR count). The second-order valence-corrected chi connectivity index (χ2v) is 6.93. The lowest BCUT2D eigenvalue weighted by molar-refractivity contribution is 0.0130. The van der Waals surface area contributed by atoms with E-state index < -0.39 is 0 Å². The van der Waals surface area contributed by atoms with Crippen LogP contribution in [0.2, 0.25) is 0 Å². The minimum Gasteiger partial charge on any atom is -0.391 e. The number of nitrogens with zero attached hydrogens (tertiary/aromatic N) is 2. The lowest BCUT2D eigenvalue weighted by Crippen LogP contribution is -2.50. The van der Waals surface area contributed by atoms with Crippen molar-refractivity contribution in [3.8, 4) is 0 Å². The molecule has 0 amide bonds. The summed E-state index contributed by atoms with van der Waals surface area (Å²) in [6.45, 7) is 13.1. The molecular weight excluding hydrogens is 212 g/mol. The van der Waals surface area contributed by atoms with Gasteiger partial charge in [-0.25, -0.2) is 0 Å². The predicted molar refractivity (Wildman–Crippen MR) is 71.1 cm³/mol. The fourth-order valence-corrected chi connectivity index (χ4v) is 2.34. The summed E-state index contributed by atoms with van der Waals surface area (Å²) in [5.41, 5.74) is 0.00511. The van der Waals surface area contributed by atoms with Crippen molar-refractivity contribution in [1.82, 2.24) is 9.80 Å². The fraction of sp³-hybridized carbons (Fsp3) is 1.00. The van der Waals surface area contributed by atoms with Gasteiger partial charge in [0.15, 0.2) is 0 Å². The molecule has 1 aliphatic heterocycles. The van der Waals surface area contributed by atoms with Crippen molar-refractivity contribution in [2.24, 2.45) is 11.3 Å². The molecule has 1 aliphatic carbocycles. The molecule has 0 radical (unpaired) electrons. The number of rotatable bonds is 4. The molecule has 1 unspecified atom stereocenters. The minimum atomic E-state index is -0.211. The molecule has 1 saturated heterocycles. The van der Waals surface area contributed by atoms with E-state index in [2.05, 4.69) is 30.6 Å². The maximum atomic E-state index is 10.1. The predicted octanol–water partition coefficient (Wildman–Crippen LogP) is 1.42. The van der Waals surface area contributed by atoms with Crippen molar-refractivity contribution in [2.45, 2.75) is 39.7 Å². The van der Waals surface area contributed by atoms with Gasteiger partial charge < -0.3 is 10.0 Å². The zero-order chi connectivity index (χ0) is 12.5. The molecule has 0 aromatic rings. The van der Waals surface area contributed by atoms with E-state index in [-0.39, 0.29) is 11.5 Å². The van der Waals surface area contributed by atoms with Crippen LogP contribution in [0.3, 0.4) is 0 Å². The third-order valence-electron chi connectivity index (χ3n) is 4.11. The summed E-state index contributed by atoms with van der Waals surface area (Å²) < 4.78 is 0. The second-order valence-electron chi connectivity index (χ2n) is 6.93. The van der Waals surface area contributed by atoms with Gasteiger partial charge >= 0.3 is 0 Å². The molecule has 1 atom stereocenters. The summed E-state index contributed by atoms with van der Waals surface area (Å²) in [5, 5.41) is 10.1. The van der Waals surface area contributed by atoms with E-state index in [1.165, 1.54) is 32.5 Å². The van der Waals surface area contributed by atoms with Crippen LogP contribution in [0.25, 0.3) is 0 Å². The van der Waals surface area contributed by atoms with E-state index in [4.69, 9.17) is 0 Å². The number of piperazine rings is 1. The van der Waals surface area contributed by atoms with Gasteiger partial charge in [-0.2, -0.15) is 0 Å². The summed E-state index contributed by atoms with van der Waals surface area (Å²) in [6, 6.07) is 0. The molecule has 0 aromatic carbocycles. The first-order valence-corrected chi connectivity index (χ1v) is 7.08. The van der Waals surface area contributed by atoms with E-state index >= 15 is 0 Å². The largest absolute Gasteiger partial charge is 0.391 e.